The quantitative estimate of drug-likeness (QED) is 0.0543. The lowest BCUT2D eigenvalue weighted by molar-refractivity contribution is -0.142. The van der Waals surface area contributed by atoms with Crippen LogP contribution in [0.3, 0.4) is 0 Å². The number of aliphatic carboxylic acids is 1. The number of phenols is 1. The normalized spacial score (nSPS) is 14.4. The molecule has 322 valence electrons. The fourth-order valence-electron chi connectivity index (χ4n) is 6.28. The van der Waals surface area contributed by atoms with Crippen LogP contribution in [0.1, 0.15) is 70.9 Å². The minimum atomic E-state index is -1.47. The number of primary amides is 1. The Balaban J connectivity index is 1.94. The van der Waals surface area contributed by atoms with Crippen molar-refractivity contribution in [2.75, 3.05) is 6.54 Å². The lowest BCUT2D eigenvalue weighted by Crippen LogP contribution is -2.61. The molecule has 1 aromatic heterocycles. The van der Waals surface area contributed by atoms with Gasteiger partial charge >= 0.3 is 5.97 Å². The van der Waals surface area contributed by atoms with Gasteiger partial charge in [-0.05, 0) is 73.4 Å². The van der Waals surface area contributed by atoms with Crippen molar-refractivity contribution in [2.45, 2.75) is 109 Å². The summed E-state index contributed by atoms with van der Waals surface area (Å²) in [5, 5.41) is 33.5. The molecule has 0 aliphatic rings. The molecule has 0 radical (unpaired) electrons. The molecule has 59 heavy (non-hydrogen) atoms. The molecule has 3 rings (SSSR count). The summed E-state index contributed by atoms with van der Waals surface area (Å²) < 4.78 is 0. The maximum absolute atomic E-state index is 14.2. The van der Waals surface area contributed by atoms with Gasteiger partial charge in [0.2, 0.25) is 35.4 Å². The summed E-state index contributed by atoms with van der Waals surface area (Å²) in [7, 11) is 0. The Morgan fingerprint density at radius 1 is 0.678 bits per heavy atom. The Morgan fingerprint density at radius 3 is 1.86 bits per heavy atom. The molecular weight excluding hydrogens is 763 g/mol. The highest BCUT2D eigenvalue weighted by Crippen LogP contribution is 2.20. The minimum Gasteiger partial charge on any atom is -0.508 e. The van der Waals surface area contributed by atoms with Crippen LogP contribution >= 0.6 is 0 Å². The SMILES string of the molecule is CC(C)[C@H](N)C(=O)N[C@@H](Cc1ccc(O)cc1)C(=O)N[C@H](C(=O)N[C@@H](Cc1c[nH]c2ccccc12)C(=O)N[C@@H](CCCCN)C(=O)N[C@@H](CCC(N)=O)C(=O)O)C(C)C. The van der Waals surface area contributed by atoms with Crippen molar-refractivity contribution in [2.24, 2.45) is 29.0 Å². The van der Waals surface area contributed by atoms with Gasteiger partial charge < -0.3 is 59.0 Å². The number of unbranched alkanes of at least 4 members (excludes halogenated alkanes) is 1. The molecule has 6 amide bonds. The van der Waals surface area contributed by atoms with Crippen LogP contribution in [0.5, 0.6) is 5.75 Å². The summed E-state index contributed by atoms with van der Waals surface area (Å²) in [6.45, 7) is 7.20. The summed E-state index contributed by atoms with van der Waals surface area (Å²) in [6, 6.07) is 6.03. The number of nitrogens with one attached hydrogen (secondary N) is 6. The van der Waals surface area contributed by atoms with Crippen molar-refractivity contribution >= 4 is 52.3 Å². The van der Waals surface area contributed by atoms with Crippen molar-refractivity contribution < 1.29 is 43.8 Å². The fourth-order valence-corrected chi connectivity index (χ4v) is 6.28. The Morgan fingerprint density at radius 2 is 1.25 bits per heavy atom. The fraction of sp³-hybridized carbons (Fsp3) is 0.488. The molecule has 0 bridgehead atoms. The number of hydrogen-bond donors (Lipinski definition) is 11. The number of para-hydroxylation sites is 1. The van der Waals surface area contributed by atoms with E-state index in [0.717, 1.165) is 10.9 Å². The van der Waals surface area contributed by atoms with Crippen LogP contribution in [-0.2, 0) is 46.4 Å². The number of carbonyl (C=O) groups is 7. The van der Waals surface area contributed by atoms with E-state index in [4.69, 9.17) is 17.2 Å². The average molecular weight is 822 g/mol. The third-order valence-electron chi connectivity index (χ3n) is 9.88. The summed E-state index contributed by atoms with van der Waals surface area (Å²) in [5.41, 5.74) is 19.0. The molecule has 1 heterocycles. The first kappa shape index (κ1) is 47.4. The van der Waals surface area contributed by atoms with Gasteiger partial charge in [-0.1, -0.05) is 58.0 Å². The van der Waals surface area contributed by atoms with Crippen LogP contribution in [-0.4, -0.2) is 99.4 Å². The number of phenolic OH excluding ortho intramolecular Hbond substituents is 1. The second-order valence-corrected chi connectivity index (χ2v) is 15.3. The van der Waals surface area contributed by atoms with Crippen LogP contribution in [0.2, 0.25) is 0 Å². The van der Waals surface area contributed by atoms with Gasteiger partial charge in [0, 0.05) is 36.4 Å². The highest BCUT2D eigenvalue weighted by Gasteiger charge is 2.34. The van der Waals surface area contributed by atoms with Crippen molar-refractivity contribution in [3.63, 3.8) is 0 Å². The molecule has 2 aromatic carbocycles. The molecule has 0 aliphatic heterocycles. The monoisotopic (exact) mass is 821 g/mol. The number of carboxylic acid groups (broad SMARTS) is 1. The van der Waals surface area contributed by atoms with E-state index in [1.165, 1.54) is 12.1 Å². The predicted octanol–water partition coefficient (Wildman–Crippen LogP) is 0.201. The number of aromatic amines is 1. The maximum Gasteiger partial charge on any atom is 0.326 e. The Labute approximate surface area is 343 Å². The molecular formula is C41H59N9O9. The van der Waals surface area contributed by atoms with Gasteiger partial charge in [-0.2, -0.15) is 0 Å². The molecule has 18 nitrogen and oxygen atoms in total. The zero-order valence-corrected chi connectivity index (χ0v) is 34.0. The maximum atomic E-state index is 14.2. The number of benzene rings is 2. The van der Waals surface area contributed by atoms with Gasteiger partial charge in [0.15, 0.2) is 0 Å². The third kappa shape index (κ3) is 14.7. The molecule has 18 heteroatoms. The second-order valence-electron chi connectivity index (χ2n) is 15.3. The predicted molar refractivity (Wildman–Crippen MR) is 220 cm³/mol. The van der Waals surface area contributed by atoms with Gasteiger partial charge in [-0.15, -0.1) is 0 Å². The number of carboxylic acids is 1. The number of carbonyl (C=O) groups excluding carboxylic acids is 6. The first-order valence-corrected chi connectivity index (χ1v) is 19.7. The average Bonchev–Trinajstić information content (AvgIpc) is 3.59. The molecule has 0 unspecified atom stereocenters. The van der Waals surface area contributed by atoms with Crippen molar-refractivity contribution in [3.05, 3.63) is 65.9 Å². The van der Waals surface area contributed by atoms with Crippen LogP contribution in [0, 0.1) is 11.8 Å². The number of amides is 6. The number of aromatic nitrogens is 1. The van der Waals surface area contributed by atoms with Gasteiger partial charge in [-0.25, -0.2) is 4.79 Å². The first-order valence-electron chi connectivity index (χ1n) is 19.7. The van der Waals surface area contributed by atoms with E-state index in [1.807, 2.05) is 24.3 Å². The third-order valence-corrected chi connectivity index (χ3v) is 9.88. The summed E-state index contributed by atoms with van der Waals surface area (Å²) in [6.07, 6.45) is 2.02. The zero-order chi connectivity index (χ0) is 43.8. The van der Waals surface area contributed by atoms with Crippen LogP contribution in [0.15, 0.2) is 54.7 Å². The number of nitrogens with two attached hydrogens (primary N) is 3. The standard InChI is InChI=1S/C41H59N9O9/c1-22(2)34(44)39(56)48-31(19-24-12-14-26(51)15-13-24)38(55)50-35(23(3)4)40(57)49-32(20-25-21-45-28-10-6-5-9-27(25)28)37(54)46-29(11-7-8-18-42)36(53)47-30(41(58)59)16-17-33(43)52/h5-6,9-10,12-15,21-23,29-32,34-35,45,51H,7-8,11,16-20,42,44H2,1-4H3,(H2,43,52)(H,46,54)(H,47,53)(H,48,56)(H,49,57)(H,50,55)(H,58,59)/t29-,30-,31-,32-,34-,35-/m0/s1. The number of hydrogen-bond acceptors (Lipinski definition) is 10. The van der Waals surface area contributed by atoms with Gasteiger partial charge in [-0.3, -0.25) is 28.8 Å². The number of fused-ring (bicyclic) bond motifs is 1. The second kappa shape index (κ2) is 22.8. The lowest BCUT2D eigenvalue weighted by atomic mass is 9.98. The van der Waals surface area contributed by atoms with E-state index in [-0.39, 0.29) is 43.8 Å². The molecule has 6 atom stereocenters. The van der Waals surface area contributed by atoms with Gasteiger partial charge in [0.1, 0.15) is 36.0 Å². The first-order chi connectivity index (χ1) is 27.9. The van der Waals surface area contributed by atoms with Gasteiger partial charge in [0.05, 0.1) is 6.04 Å². The van der Waals surface area contributed by atoms with E-state index in [0.29, 0.717) is 30.5 Å². The largest absolute Gasteiger partial charge is 0.508 e. The topological polar surface area (TPSA) is 314 Å². The highest BCUT2D eigenvalue weighted by molar-refractivity contribution is 5.97. The number of aromatic hydroxyl groups is 1. The smallest absolute Gasteiger partial charge is 0.326 e. The Hall–Kier alpha value is -6.01. The van der Waals surface area contributed by atoms with Crippen LogP contribution < -0.4 is 43.8 Å². The van der Waals surface area contributed by atoms with E-state index in [2.05, 4.69) is 31.6 Å². The summed E-state index contributed by atoms with van der Waals surface area (Å²) in [4.78, 5) is 95.4. The van der Waals surface area contributed by atoms with Crippen molar-refractivity contribution in [1.82, 2.24) is 31.6 Å². The van der Waals surface area contributed by atoms with E-state index in [9.17, 15) is 43.8 Å². The summed E-state index contributed by atoms with van der Waals surface area (Å²) >= 11 is 0. The highest BCUT2D eigenvalue weighted by atomic mass is 16.4. The molecule has 0 aliphatic carbocycles. The molecule has 14 N–H and O–H groups in total. The number of rotatable bonds is 24. The van der Waals surface area contributed by atoms with E-state index < -0.39 is 83.6 Å². The molecule has 0 fully saturated rings. The van der Waals surface area contributed by atoms with Crippen molar-refractivity contribution in [3.8, 4) is 5.75 Å². The Bertz CT molecular complexity index is 1910. The molecule has 0 saturated heterocycles. The zero-order valence-electron chi connectivity index (χ0n) is 34.0. The lowest BCUT2D eigenvalue weighted by Gasteiger charge is -2.29. The van der Waals surface area contributed by atoms with Crippen LogP contribution in [0.25, 0.3) is 10.9 Å². The Kier molecular flexibility index (Phi) is 18.3. The molecule has 0 saturated carbocycles. The molecule has 3 aromatic rings. The minimum absolute atomic E-state index is 0.000425. The van der Waals surface area contributed by atoms with Crippen molar-refractivity contribution in [1.29, 1.82) is 0 Å². The summed E-state index contributed by atoms with van der Waals surface area (Å²) in [5.74, 6) is -6.51. The van der Waals surface area contributed by atoms with E-state index >= 15 is 0 Å². The van der Waals surface area contributed by atoms with Gasteiger partial charge in [0.25, 0.3) is 0 Å². The molecule has 0 spiro atoms. The number of H-pyrrole nitrogens is 1. The van der Waals surface area contributed by atoms with E-state index in [1.54, 1.807) is 46.0 Å². The van der Waals surface area contributed by atoms with Crippen LogP contribution in [0.4, 0.5) is 0 Å².